The van der Waals surface area contributed by atoms with Crippen LogP contribution < -0.4 is 5.32 Å². The number of nitrogens with zero attached hydrogens (tertiary/aromatic N) is 6. The zero-order valence-corrected chi connectivity index (χ0v) is 16.8. The Labute approximate surface area is 171 Å². The van der Waals surface area contributed by atoms with E-state index in [4.69, 9.17) is 0 Å². The number of carbonyl (C=O) groups excluding carboxylic acids is 1. The second-order valence-electron chi connectivity index (χ2n) is 6.61. The second-order valence-corrected chi connectivity index (χ2v) is 7.50. The lowest BCUT2D eigenvalue weighted by atomic mass is 10.1. The van der Waals surface area contributed by atoms with Gasteiger partial charge in [-0.25, -0.2) is 4.98 Å². The average molecular weight is 405 g/mol. The van der Waals surface area contributed by atoms with Gasteiger partial charge < -0.3 is 5.32 Å². The number of aromatic nitrogens is 6. The molecule has 0 spiro atoms. The van der Waals surface area contributed by atoms with Crippen molar-refractivity contribution < 1.29 is 4.79 Å². The van der Waals surface area contributed by atoms with E-state index in [1.807, 2.05) is 55.6 Å². The molecule has 0 fully saturated rings. The summed E-state index contributed by atoms with van der Waals surface area (Å²) in [7, 11) is 0. The second kappa shape index (κ2) is 8.27. The molecule has 0 aliphatic carbocycles. The molecule has 1 N–H and O–H groups in total. The molecule has 1 amide bonds. The Morgan fingerprint density at radius 3 is 2.66 bits per heavy atom. The van der Waals surface area contributed by atoms with Gasteiger partial charge in [-0.2, -0.15) is 4.80 Å². The van der Waals surface area contributed by atoms with Crippen molar-refractivity contribution in [2.24, 2.45) is 0 Å². The summed E-state index contributed by atoms with van der Waals surface area (Å²) in [6.45, 7) is 3.91. The van der Waals surface area contributed by atoms with Crippen LogP contribution in [-0.2, 0) is 11.3 Å². The summed E-state index contributed by atoms with van der Waals surface area (Å²) in [5, 5.41) is 18.0. The zero-order chi connectivity index (χ0) is 20.2. The van der Waals surface area contributed by atoms with Gasteiger partial charge in [-0.05, 0) is 31.2 Å². The van der Waals surface area contributed by atoms with Gasteiger partial charge in [-0.15, -0.1) is 21.5 Å². The van der Waals surface area contributed by atoms with Gasteiger partial charge in [-0.1, -0.05) is 29.8 Å². The number of nitrogens with one attached hydrogen (secondary N) is 1. The minimum atomic E-state index is -0.219. The molecule has 29 heavy (non-hydrogen) atoms. The van der Waals surface area contributed by atoms with Crippen molar-refractivity contribution in [1.29, 1.82) is 0 Å². The SMILES string of the molecule is Cc1ccc(-c2nnn(CC(=O)NC(C)c3nc(-c4ccncc4)cs3)n2)cc1. The average Bonchev–Trinajstić information content (AvgIpc) is 3.39. The Kier molecular flexibility index (Phi) is 5.39. The summed E-state index contributed by atoms with van der Waals surface area (Å²) in [5.74, 6) is 0.291. The highest BCUT2D eigenvalue weighted by molar-refractivity contribution is 7.10. The number of rotatable bonds is 6. The molecule has 4 rings (SSSR count). The van der Waals surface area contributed by atoms with Crippen molar-refractivity contribution in [3.8, 4) is 22.6 Å². The van der Waals surface area contributed by atoms with E-state index in [1.165, 1.54) is 16.1 Å². The monoisotopic (exact) mass is 405 g/mol. The highest BCUT2D eigenvalue weighted by Crippen LogP contribution is 2.25. The zero-order valence-electron chi connectivity index (χ0n) is 16.0. The maximum absolute atomic E-state index is 12.4. The fraction of sp³-hybridized carbons (Fsp3) is 0.200. The largest absolute Gasteiger partial charge is 0.345 e. The topological polar surface area (TPSA) is 98.5 Å². The molecule has 0 aliphatic heterocycles. The number of thiazole rings is 1. The number of amides is 1. The normalized spacial score (nSPS) is 11.9. The van der Waals surface area contributed by atoms with Crippen LogP contribution in [0.15, 0.2) is 54.2 Å². The standard InChI is InChI=1S/C20H19N7OS/c1-13-3-5-16(6-4-13)19-24-26-27(25-19)11-18(28)22-14(2)20-23-17(12-29-20)15-7-9-21-10-8-15/h3-10,12,14H,11H2,1-2H3,(H,22,28). The van der Waals surface area contributed by atoms with E-state index < -0.39 is 0 Å². The Hall–Kier alpha value is -3.46. The van der Waals surface area contributed by atoms with Crippen LogP contribution in [0.3, 0.4) is 0 Å². The van der Waals surface area contributed by atoms with E-state index in [-0.39, 0.29) is 18.5 Å². The summed E-state index contributed by atoms with van der Waals surface area (Å²) in [6, 6.07) is 11.4. The molecule has 0 aliphatic rings. The van der Waals surface area contributed by atoms with Gasteiger partial charge in [0.25, 0.3) is 0 Å². The van der Waals surface area contributed by atoms with Crippen LogP contribution in [-0.4, -0.2) is 36.1 Å². The molecule has 8 nitrogen and oxygen atoms in total. The van der Waals surface area contributed by atoms with Crippen LogP contribution in [0, 0.1) is 6.92 Å². The predicted octanol–water partition coefficient (Wildman–Crippen LogP) is 3.04. The number of benzene rings is 1. The lowest BCUT2D eigenvalue weighted by Gasteiger charge is -2.10. The van der Waals surface area contributed by atoms with Gasteiger partial charge in [0.15, 0.2) is 0 Å². The first kappa shape index (κ1) is 18.9. The van der Waals surface area contributed by atoms with Crippen LogP contribution in [0.1, 0.15) is 23.5 Å². The van der Waals surface area contributed by atoms with Gasteiger partial charge in [0.05, 0.1) is 11.7 Å². The Morgan fingerprint density at radius 2 is 1.90 bits per heavy atom. The Morgan fingerprint density at radius 1 is 1.14 bits per heavy atom. The lowest BCUT2D eigenvalue weighted by molar-refractivity contribution is -0.122. The van der Waals surface area contributed by atoms with E-state index in [1.54, 1.807) is 12.4 Å². The summed E-state index contributed by atoms with van der Waals surface area (Å²) in [4.78, 5) is 22.3. The first-order chi connectivity index (χ1) is 14.1. The molecule has 9 heteroatoms. The highest BCUT2D eigenvalue weighted by Gasteiger charge is 2.16. The van der Waals surface area contributed by atoms with Gasteiger partial charge in [0.1, 0.15) is 11.6 Å². The van der Waals surface area contributed by atoms with Crippen molar-refractivity contribution in [2.45, 2.75) is 26.4 Å². The van der Waals surface area contributed by atoms with Crippen LogP contribution in [0.2, 0.25) is 0 Å². The van der Waals surface area contributed by atoms with Gasteiger partial charge in [-0.3, -0.25) is 9.78 Å². The molecule has 1 atom stereocenters. The van der Waals surface area contributed by atoms with E-state index in [2.05, 4.69) is 30.7 Å². The fourth-order valence-corrected chi connectivity index (χ4v) is 3.58. The van der Waals surface area contributed by atoms with Crippen molar-refractivity contribution in [1.82, 2.24) is 35.5 Å². The van der Waals surface area contributed by atoms with E-state index in [0.29, 0.717) is 5.82 Å². The third kappa shape index (κ3) is 4.52. The van der Waals surface area contributed by atoms with Crippen LogP contribution in [0.5, 0.6) is 0 Å². The van der Waals surface area contributed by atoms with Crippen LogP contribution >= 0.6 is 11.3 Å². The third-order valence-electron chi connectivity index (χ3n) is 4.29. The predicted molar refractivity (Wildman–Crippen MR) is 110 cm³/mol. The molecule has 1 aromatic carbocycles. The van der Waals surface area contributed by atoms with Crippen molar-refractivity contribution >= 4 is 17.2 Å². The Bertz CT molecular complexity index is 1110. The summed E-state index contributed by atoms with van der Waals surface area (Å²) in [6.07, 6.45) is 3.46. The smallest absolute Gasteiger partial charge is 0.244 e. The molecular formula is C20H19N7OS. The maximum atomic E-state index is 12.4. The highest BCUT2D eigenvalue weighted by atomic mass is 32.1. The quantitative estimate of drug-likeness (QED) is 0.529. The minimum Gasteiger partial charge on any atom is -0.345 e. The Balaban J connectivity index is 1.37. The maximum Gasteiger partial charge on any atom is 0.244 e. The molecule has 0 bridgehead atoms. The lowest BCUT2D eigenvalue weighted by Crippen LogP contribution is -2.30. The number of hydrogen-bond acceptors (Lipinski definition) is 7. The first-order valence-corrected chi connectivity index (χ1v) is 9.96. The van der Waals surface area contributed by atoms with Gasteiger partial charge in [0, 0.05) is 28.9 Å². The fourth-order valence-electron chi connectivity index (χ4n) is 2.75. The molecule has 3 aromatic heterocycles. The van der Waals surface area contributed by atoms with Crippen molar-refractivity contribution in [3.05, 3.63) is 64.7 Å². The molecule has 0 radical (unpaired) electrons. The number of pyridine rings is 1. The minimum absolute atomic E-state index is 0.00815. The van der Waals surface area contributed by atoms with E-state index in [9.17, 15) is 4.79 Å². The van der Waals surface area contributed by atoms with Gasteiger partial charge >= 0.3 is 0 Å². The molecule has 4 aromatic rings. The number of tetrazole rings is 1. The summed E-state index contributed by atoms with van der Waals surface area (Å²) < 4.78 is 0. The van der Waals surface area contributed by atoms with Gasteiger partial charge in [0.2, 0.25) is 11.7 Å². The van der Waals surface area contributed by atoms with E-state index in [0.717, 1.165) is 27.4 Å². The molecule has 0 saturated carbocycles. The van der Waals surface area contributed by atoms with Crippen molar-refractivity contribution in [2.75, 3.05) is 0 Å². The molecule has 0 saturated heterocycles. The third-order valence-corrected chi connectivity index (χ3v) is 5.32. The number of carbonyl (C=O) groups is 1. The van der Waals surface area contributed by atoms with Crippen molar-refractivity contribution in [3.63, 3.8) is 0 Å². The molecule has 146 valence electrons. The first-order valence-electron chi connectivity index (χ1n) is 9.08. The molecular weight excluding hydrogens is 386 g/mol. The summed E-state index contributed by atoms with van der Waals surface area (Å²) in [5.41, 5.74) is 3.89. The van der Waals surface area contributed by atoms with E-state index >= 15 is 0 Å². The summed E-state index contributed by atoms with van der Waals surface area (Å²) >= 11 is 1.51. The van der Waals surface area contributed by atoms with Crippen LogP contribution in [0.4, 0.5) is 0 Å². The molecule has 3 heterocycles. The number of aryl methyl sites for hydroxylation is 1. The number of hydrogen-bond donors (Lipinski definition) is 1. The molecule has 1 unspecified atom stereocenters. The van der Waals surface area contributed by atoms with Crippen LogP contribution in [0.25, 0.3) is 22.6 Å².